The van der Waals surface area contributed by atoms with E-state index in [4.69, 9.17) is 33.3 Å². The molecule has 0 spiro atoms. The number of hydrogen-bond acceptors (Lipinski definition) is 21. The minimum absolute atomic E-state index is 0.00832. The highest BCUT2D eigenvalue weighted by molar-refractivity contribution is 7.87. The highest BCUT2D eigenvalue weighted by Gasteiger charge is 2.48. The molecule has 7 rings (SSSR count). The highest BCUT2D eigenvalue weighted by atomic mass is 32.2. The molecule has 90 heavy (non-hydrogen) atoms. The van der Waals surface area contributed by atoms with E-state index in [-0.39, 0.29) is 112 Å². The Morgan fingerprint density at radius 2 is 1.11 bits per heavy atom. The molecule has 0 aromatic heterocycles. The lowest BCUT2D eigenvalue weighted by Gasteiger charge is -2.31. The molecular formula is C57H72N3O25S5+. The van der Waals surface area contributed by atoms with Crippen LogP contribution in [0.5, 0.6) is 0 Å². The van der Waals surface area contributed by atoms with Crippen LogP contribution in [-0.4, -0.2) is 197 Å². The molecular weight excluding hydrogens is 1290 g/mol. The predicted molar refractivity (Wildman–Crippen MR) is 324 cm³/mol. The molecule has 33 heteroatoms. The van der Waals surface area contributed by atoms with Crippen molar-refractivity contribution in [2.45, 2.75) is 96.6 Å². The van der Waals surface area contributed by atoms with E-state index < -0.39 is 105 Å². The first kappa shape index (κ1) is 71.5. The number of benzene rings is 4. The molecule has 3 heterocycles. The SMILES string of the molecule is COCCOCCOCCOCCOCCOCCN1/C(=C/C=C(C)/C=C/C2=[N+](CCCC(=O)ON3C(=O)CCC3=O)c3ccc4c(S(=O)(=O)O)cc(S(=O)(=O)O)cc4c3C2(C)C)C(C)(CCCS(=O)(=O)O)c2c1ccc1c(S(=O)(=O)O)cc(S(=O)(=O)O)cc21. The monoisotopic (exact) mass is 1360 g/mol. The Morgan fingerprint density at radius 1 is 0.622 bits per heavy atom. The zero-order chi connectivity index (χ0) is 66.2. The normalized spacial score (nSPS) is 17.9. The van der Waals surface area contributed by atoms with Crippen LogP contribution in [0.1, 0.15) is 77.3 Å². The second-order valence-corrected chi connectivity index (χ2v) is 29.1. The summed E-state index contributed by atoms with van der Waals surface area (Å²) in [6.45, 7) is 10.1. The number of hydrogen-bond donors (Lipinski definition) is 5. The van der Waals surface area contributed by atoms with Crippen molar-refractivity contribution in [2.75, 3.05) is 104 Å². The zero-order valence-corrected chi connectivity index (χ0v) is 53.9. The van der Waals surface area contributed by atoms with E-state index in [1.54, 1.807) is 68.6 Å². The van der Waals surface area contributed by atoms with Crippen molar-refractivity contribution in [3.8, 4) is 0 Å². The summed E-state index contributed by atoms with van der Waals surface area (Å²) in [5, 5.41) is 0.121. The summed E-state index contributed by atoms with van der Waals surface area (Å²) in [5.41, 5.74) is 0.150. The van der Waals surface area contributed by atoms with Crippen LogP contribution in [0.3, 0.4) is 0 Å². The summed E-state index contributed by atoms with van der Waals surface area (Å²) in [5.74, 6) is -3.01. The molecule has 4 aromatic rings. The van der Waals surface area contributed by atoms with Gasteiger partial charge in [0.25, 0.3) is 62.4 Å². The van der Waals surface area contributed by atoms with E-state index in [9.17, 15) is 79.2 Å². The van der Waals surface area contributed by atoms with Crippen LogP contribution >= 0.6 is 0 Å². The van der Waals surface area contributed by atoms with Gasteiger partial charge in [0.1, 0.15) is 16.3 Å². The lowest BCUT2D eigenvalue weighted by atomic mass is 9.75. The molecule has 28 nitrogen and oxygen atoms in total. The van der Waals surface area contributed by atoms with Crippen LogP contribution in [0, 0.1) is 0 Å². The maximum absolute atomic E-state index is 13.0. The second kappa shape index (κ2) is 29.3. The van der Waals surface area contributed by atoms with Gasteiger partial charge < -0.3 is 38.2 Å². The number of ether oxygens (including phenoxy) is 6. The van der Waals surface area contributed by atoms with Gasteiger partial charge in [-0.15, -0.1) is 5.06 Å². The third-order valence-corrected chi connectivity index (χ3v) is 19.5. The molecule has 2 amide bonds. The summed E-state index contributed by atoms with van der Waals surface area (Å²) < 4.78 is 213. The number of methoxy groups -OCH3 is 1. The van der Waals surface area contributed by atoms with Crippen molar-refractivity contribution >= 4 is 107 Å². The number of fused-ring (bicyclic) bond motifs is 6. The van der Waals surface area contributed by atoms with Crippen LogP contribution < -0.4 is 4.90 Å². The lowest BCUT2D eigenvalue weighted by Crippen LogP contribution is -2.32. The molecule has 1 fully saturated rings. The van der Waals surface area contributed by atoms with Crippen molar-refractivity contribution in [3.63, 3.8) is 0 Å². The Labute approximate surface area is 521 Å². The van der Waals surface area contributed by atoms with E-state index in [2.05, 4.69) is 0 Å². The van der Waals surface area contributed by atoms with E-state index in [0.29, 0.717) is 90.8 Å². The van der Waals surface area contributed by atoms with Crippen LogP contribution in [0.15, 0.2) is 104 Å². The average Bonchev–Trinajstić information content (AvgIpc) is 1.51. The number of imide groups is 1. The van der Waals surface area contributed by atoms with Crippen LogP contribution in [-0.2, 0) is 109 Å². The van der Waals surface area contributed by atoms with Gasteiger partial charge in [-0.05, 0) is 99.3 Å². The molecule has 4 aromatic carbocycles. The Morgan fingerprint density at radius 3 is 1.60 bits per heavy atom. The quantitative estimate of drug-likeness (QED) is 0.0130. The third kappa shape index (κ3) is 17.4. The van der Waals surface area contributed by atoms with E-state index in [0.717, 1.165) is 12.1 Å². The van der Waals surface area contributed by atoms with Gasteiger partial charge in [0.2, 0.25) is 5.69 Å². The molecule has 3 aliphatic heterocycles. The third-order valence-electron chi connectivity index (χ3n) is 15.2. The van der Waals surface area contributed by atoms with Gasteiger partial charge in [-0.3, -0.25) is 32.4 Å². The predicted octanol–water partition coefficient (Wildman–Crippen LogP) is 5.31. The summed E-state index contributed by atoms with van der Waals surface area (Å²) in [6.07, 6.45) is 5.86. The smallest absolute Gasteiger partial charge is 0.333 e. The number of carbonyl (C=O) groups is 3. The van der Waals surface area contributed by atoms with Crippen molar-refractivity contribution < 1.29 is 117 Å². The number of nitrogens with zero attached hydrogens (tertiary/aromatic N) is 3. The molecule has 0 radical (unpaired) electrons. The fraction of sp³-hybridized carbons (Fsp3) is 0.474. The number of hydroxylamine groups is 2. The Kier molecular flexibility index (Phi) is 23.3. The highest BCUT2D eigenvalue weighted by Crippen LogP contribution is 2.54. The van der Waals surface area contributed by atoms with E-state index in [1.165, 1.54) is 24.3 Å². The maximum Gasteiger partial charge on any atom is 0.333 e. The fourth-order valence-electron chi connectivity index (χ4n) is 11.1. The second-order valence-electron chi connectivity index (χ2n) is 21.9. The van der Waals surface area contributed by atoms with Crippen LogP contribution in [0.25, 0.3) is 21.5 Å². The molecule has 1 atom stereocenters. The fourth-order valence-corrected chi connectivity index (χ4v) is 14.3. The number of amides is 2. The van der Waals surface area contributed by atoms with E-state index >= 15 is 0 Å². The van der Waals surface area contributed by atoms with Crippen molar-refractivity contribution in [3.05, 3.63) is 95.2 Å². The van der Waals surface area contributed by atoms with Gasteiger partial charge in [-0.2, -0.15) is 46.7 Å². The van der Waals surface area contributed by atoms with Crippen LogP contribution in [0.4, 0.5) is 11.4 Å². The minimum atomic E-state index is -5.18. The first-order chi connectivity index (χ1) is 42.1. The summed E-state index contributed by atoms with van der Waals surface area (Å²) in [7, 11) is -23.5. The van der Waals surface area contributed by atoms with Crippen LogP contribution in [0.2, 0.25) is 0 Å². The van der Waals surface area contributed by atoms with Crippen molar-refractivity contribution in [2.24, 2.45) is 0 Å². The van der Waals surface area contributed by atoms with Gasteiger partial charge in [0.05, 0.1) is 100 Å². The Hall–Kier alpha value is -5.99. The number of anilines is 1. The number of allylic oxidation sites excluding steroid dienone is 6. The van der Waals surface area contributed by atoms with Gasteiger partial charge in [-0.25, -0.2) is 4.79 Å². The Balaban J connectivity index is 1.26. The summed E-state index contributed by atoms with van der Waals surface area (Å²) in [6, 6.07) is 9.07. The summed E-state index contributed by atoms with van der Waals surface area (Å²) >= 11 is 0. The topological polar surface area (TPSA) is 397 Å². The maximum atomic E-state index is 13.0. The molecule has 0 aliphatic carbocycles. The molecule has 0 bridgehead atoms. The standard InChI is InChI=1S/C57H71N3O25S5/c1-38(9-15-49-56(2,3)54-43-34-39(87(67,68)69)36-47(89(73,74)75)41(43)11-13-45(54)58(49)20-6-8-53(63)85-60-51(61)17-18-52(60)62)10-16-50-57(4,19-7-33-86(64,65)66)55-44-35-40(88(70,71)72)37-48(90(76,77)78)42(44)12-14-46(55)59(50)21-22-80-25-26-82-29-30-84-32-31-83-28-27-81-24-23-79-5/h9-16,34-37H,6-8,17-33H2,1-5H3,(H4-,64,65,66,67,68,69,70,71,72,73,74,75,76,77,78)/p+1. The van der Waals surface area contributed by atoms with Crippen molar-refractivity contribution in [1.82, 2.24) is 5.06 Å². The minimum Gasteiger partial charge on any atom is -0.382 e. The zero-order valence-electron chi connectivity index (χ0n) is 49.9. The number of carbonyl (C=O) groups excluding carboxylic acids is 3. The summed E-state index contributed by atoms with van der Waals surface area (Å²) in [4.78, 5) is 41.0. The molecule has 1 saturated heterocycles. The average molecular weight is 1360 g/mol. The first-order valence-electron chi connectivity index (χ1n) is 28.1. The van der Waals surface area contributed by atoms with Gasteiger partial charge in [-0.1, -0.05) is 23.8 Å². The molecule has 3 aliphatic rings. The molecule has 0 saturated carbocycles. The van der Waals surface area contributed by atoms with Crippen molar-refractivity contribution in [1.29, 1.82) is 0 Å². The number of rotatable bonds is 34. The van der Waals surface area contributed by atoms with Gasteiger partial charge >= 0.3 is 5.97 Å². The Bertz CT molecular complexity index is 4130. The van der Waals surface area contributed by atoms with E-state index in [1.807, 2.05) is 0 Å². The first-order valence-corrected chi connectivity index (χ1v) is 35.5. The lowest BCUT2D eigenvalue weighted by molar-refractivity contribution is -0.438. The molecule has 494 valence electrons. The van der Waals surface area contributed by atoms with Gasteiger partial charge in [0, 0.05) is 78.2 Å². The van der Waals surface area contributed by atoms with Gasteiger partial charge in [0.15, 0.2) is 5.71 Å². The molecule has 5 N–H and O–H groups in total. The largest absolute Gasteiger partial charge is 0.382 e. The molecule has 1 unspecified atom stereocenters.